The van der Waals surface area contributed by atoms with Gasteiger partial charge in [0.15, 0.2) is 5.78 Å². The Balaban J connectivity index is 2.17. The number of allylic oxidation sites excluding steroid dienone is 1. The van der Waals surface area contributed by atoms with E-state index in [1.165, 1.54) is 11.6 Å². The molecule has 2 rings (SSSR count). The summed E-state index contributed by atoms with van der Waals surface area (Å²) < 4.78 is 0. The molecule has 0 saturated heterocycles. The van der Waals surface area contributed by atoms with Gasteiger partial charge in [0.25, 0.3) is 0 Å². The molecule has 3 heteroatoms. The summed E-state index contributed by atoms with van der Waals surface area (Å²) in [7, 11) is 0. The van der Waals surface area contributed by atoms with Crippen LogP contribution in [0.15, 0.2) is 48.5 Å². The fraction of sp³-hybridized carbons (Fsp3) is 0.118. The molecule has 102 valence electrons. The molecule has 2 aromatic carbocycles. The van der Waals surface area contributed by atoms with Crippen LogP contribution in [0.3, 0.4) is 0 Å². The molecule has 0 heterocycles. The van der Waals surface area contributed by atoms with E-state index in [9.17, 15) is 4.79 Å². The normalized spacial score (nSPS) is 10.9. The van der Waals surface area contributed by atoms with Crippen molar-refractivity contribution in [1.82, 2.24) is 0 Å². The Hall–Kier alpha value is -1.57. The molecule has 0 amide bonds. The lowest BCUT2D eigenvalue weighted by atomic mass is 10.1. The zero-order valence-electron chi connectivity index (χ0n) is 11.1. The Kier molecular flexibility index (Phi) is 4.99. The van der Waals surface area contributed by atoms with Gasteiger partial charge in [0.2, 0.25) is 0 Å². The molecule has 0 aliphatic heterocycles. The minimum absolute atomic E-state index is 0.155. The molecule has 0 unspecified atom stereocenters. The van der Waals surface area contributed by atoms with Gasteiger partial charge in [-0.3, -0.25) is 4.79 Å². The Labute approximate surface area is 128 Å². The number of hydrogen-bond donors (Lipinski definition) is 0. The van der Waals surface area contributed by atoms with Crippen LogP contribution in [-0.2, 0) is 6.42 Å². The number of ketones is 1. The van der Waals surface area contributed by atoms with Gasteiger partial charge in [0, 0.05) is 10.6 Å². The lowest BCUT2D eigenvalue weighted by molar-refractivity contribution is 0.104. The molecule has 0 N–H and O–H groups in total. The van der Waals surface area contributed by atoms with Crippen LogP contribution in [0.1, 0.15) is 28.4 Å². The fourth-order valence-corrected chi connectivity index (χ4v) is 2.20. The van der Waals surface area contributed by atoms with Gasteiger partial charge < -0.3 is 0 Å². The van der Waals surface area contributed by atoms with Crippen molar-refractivity contribution in [3.05, 3.63) is 75.3 Å². The zero-order chi connectivity index (χ0) is 14.5. The monoisotopic (exact) mass is 304 g/mol. The summed E-state index contributed by atoms with van der Waals surface area (Å²) >= 11 is 11.9. The largest absolute Gasteiger partial charge is 0.289 e. The van der Waals surface area contributed by atoms with Crippen molar-refractivity contribution in [3.63, 3.8) is 0 Å². The van der Waals surface area contributed by atoms with Gasteiger partial charge in [-0.15, -0.1) is 0 Å². The number of hydrogen-bond acceptors (Lipinski definition) is 1. The van der Waals surface area contributed by atoms with Crippen molar-refractivity contribution in [2.45, 2.75) is 13.3 Å². The van der Waals surface area contributed by atoms with Crippen LogP contribution in [0.5, 0.6) is 0 Å². The fourth-order valence-electron chi connectivity index (χ4n) is 1.81. The highest BCUT2D eigenvalue weighted by atomic mass is 35.5. The van der Waals surface area contributed by atoms with Gasteiger partial charge >= 0.3 is 0 Å². The predicted octanol–water partition coefficient (Wildman–Crippen LogP) is 5.45. The Morgan fingerprint density at radius 2 is 1.80 bits per heavy atom. The standard InChI is InChI=1S/C17H14Cl2O/c1-2-12-3-5-13(6-4-12)7-10-17(20)15-11-14(18)8-9-16(15)19/h3-11H,2H2,1H3. The van der Waals surface area contributed by atoms with E-state index in [2.05, 4.69) is 19.1 Å². The number of carbonyl (C=O) groups is 1. The number of halogens is 2. The number of aryl methyl sites for hydroxylation is 1. The van der Waals surface area contributed by atoms with Crippen LogP contribution in [0.25, 0.3) is 6.08 Å². The van der Waals surface area contributed by atoms with Crippen molar-refractivity contribution < 1.29 is 4.79 Å². The number of carbonyl (C=O) groups excluding carboxylic acids is 1. The topological polar surface area (TPSA) is 17.1 Å². The molecular weight excluding hydrogens is 291 g/mol. The summed E-state index contributed by atoms with van der Waals surface area (Å²) in [6.45, 7) is 2.11. The van der Waals surface area contributed by atoms with E-state index < -0.39 is 0 Å². The molecule has 1 nitrogen and oxygen atoms in total. The molecule has 0 fully saturated rings. The van der Waals surface area contributed by atoms with Gasteiger partial charge in [-0.25, -0.2) is 0 Å². The number of rotatable bonds is 4. The Morgan fingerprint density at radius 1 is 1.10 bits per heavy atom. The third kappa shape index (κ3) is 3.72. The third-order valence-electron chi connectivity index (χ3n) is 3.01. The number of benzene rings is 2. The summed E-state index contributed by atoms with van der Waals surface area (Å²) in [4.78, 5) is 12.1. The van der Waals surface area contributed by atoms with Crippen molar-refractivity contribution in [3.8, 4) is 0 Å². The van der Waals surface area contributed by atoms with Gasteiger partial charge in [-0.05, 0) is 41.8 Å². The zero-order valence-corrected chi connectivity index (χ0v) is 12.6. The first-order chi connectivity index (χ1) is 9.60. The van der Waals surface area contributed by atoms with E-state index in [1.54, 1.807) is 24.3 Å². The highest BCUT2D eigenvalue weighted by Gasteiger charge is 2.07. The average Bonchev–Trinajstić information content (AvgIpc) is 2.47. The van der Waals surface area contributed by atoms with Gasteiger partial charge in [0.1, 0.15) is 0 Å². The SMILES string of the molecule is CCc1ccc(C=CC(=O)c2cc(Cl)ccc2Cl)cc1. The van der Waals surface area contributed by atoms with E-state index in [4.69, 9.17) is 23.2 Å². The molecule has 0 spiro atoms. The maximum atomic E-state index is 12.1. The Bertz CT molecular complexity index is 643. The lowest BCUT2D eigenvalue weighted by Gasteiger charge is -2.01. The maximum Gasteiger partial charge on any atom is 0.187 e. The summed E-state index contributed by atoms with van der Waals surface area (Å²) in [5.74, 6) is -0.155. The molecule has 0 atom stereocenters. The van der Waals surface area contributed by atoms with Gasteiger partial charge in [-0.1, -0.05) is 60.5 Å². The molecule has 0 aliphatic carbocycles. The molecule has 0 radical (unpaired) electrons. The minimum Gasteiger partial charge on any atom is -0.289 e. The maximum absolute atomic E-state index is 12.1. The summed E-state index contributed by atoms with van der Waals surface area (Å²) in [6.07, 6.45) is 4.29. The first kappa shape index (κ1) is 14.8. The molecule has 0 aromatic heterocycles. The second-order valence-corrected chi connectivity index (χ2v) is 5.26. The average molecular weight is 305 g/mol. The van der Waals surface area contributed by atoms with Gasteiger partial charge in [0.05, 0.1) is 5.02 Å². The first-order valence-electron chi connectivity index (χ1n) is 6.36. The van der Waals surface area contributed by atoms with Gasteiger partial charge in [-0.2, -0.15) is 0 Å². The van der Waals surface area contributed by atoms with Crippen LogP contribution in [-0.4, -0.2) is 5.78 Å². The summed E-state index contributed by atoms with van der Waals surface area (Å²) in [6, 6.07) is 12.9. The van der Waals surface area contributed by atoms with Crippen LogP contribution in [0.2, 0.25) is 10.0 Å². The van der Waals surface area contributed by atoms with E-state index in [1.807, 2.05) is 12.1 Å². The van der Waals surface area contributed by atoms with E-state index >= 15 is 0 Å². The molecular formula is C17H14Cl2O. The van der Waals surface area contributed by atoms with E-state index in [0.717, 1.165) is 12.0 Å². The van der Waals surface area contributed by atoms with Crippen molar-refractivity contribution >= 4 is 35.1 Å². The van der Waals surface area contributed by atoms with E-state index in [0.29, 0.717) is 15.6 Å². The summed E-state index contributed by atoms with van der Waals surface area (Å²) in [5.41, 5.74) is 2.67. The molecule has 0 aliphatic rings. The second-order valence-electron chi connectivity index (χ2n) is 4.42. The van der Waals surface area contributed by atoms with Crippen LogP contribution < -0.4 is 0 Å². The predicted molar refractivity (Wildman–Crippen MR) is 85.6 cm³/mol. The minimum atomic E-state index is -0.155. The van der Waals surface area contributed by atoms with Crippen LogP contribution in [0.4, 0.5) is 0 Å². The smallest absolute Gasteiger partial charge is 0.187 e. The van der Waals surface area contributed by atoms with E-state index in [-0.39, 0.29) is 5.78 Å². The third-order valence-corrected chi connectivity index (χ3v) is 3.57. The second kappa shape index (κ2) is 6.74. The van der Waals surface area contributed by atoms with Crippen molar-refractivity contribution in [2.24, 2.45) is 0 Å². The molecule has 20 heavy (non-hydrogen) atoms. The van der Waals surface area contributed by atoms with Crippen molar-refractivity contribution in [2.75, 3.05) is 0 Å². The van der Waals surface area contributed by atoms with Crippen LogP contribution >= 0.6 is 23.2 Å². The Morgan fingerprint density at radius 3 is 2.45 bits per heavy atom. The first-order valence-corrected chi connectivity index (χ1v) is 7.12. The highest BCUT2D eigenvalue weighted by Crippen LogP contribution is 2.21. The quantitative estimate of drug-likeness (QED) is 0.542. The lowest BCUT2D eigenvalue weighted by Crippen LogP contribution is -1.95. The van der Waals surface area contributed by atoms with Crippen LogP contribution in [0, 0.1) is 0 Å². The molecule has 0 bridgehead atoms. The van der Waals surface area contributed by atoms with Crippen molar-refractivity contribution in [1.29, 1.82) is 0 Å². The summed E-state index contributed by atoms with van der Waals surface area (Å²) in [5, 5.41) is 0.906. The molecule has 2 aromatic rings. The molecule has 0 saturated carbocycles. The highest BCUT2D eigenvalue weighted by molar-refractivity contribution is 6.36.